The molecule has 1 unspecified atom stereocenters. The molecule has 0 amide bonds. The molecule has 0 radical (unpaired) electrons. The van der Waals surface area contributed by atoms with E-state index in [0.29, 0.717) is 29.7 Å². The first-order valence-electron chi connectivity index (χ1n) is 5.28. The summed E-state index contributed by atoms with van der Waals surface area (Å²) < 4.78 is 5.36. The van der Waals surface area contributed by atoms with Gasteiger partial charge in [-0.25, -0.2) is 0 Å². The van der Waals surface area contributed by atoms with Crippen LogP contribution in [0.15, 0.2) is 18.2 Å². The van der Waals surface area contributed by atoms with Crippen LogP contribution in [0.2, 0.25) is 10.0 Å². The number of halogens is 2. The van der Waals surface area contributed by atoms with Gasteiger partial charge in [-0.2, -0.15) is 0 Å². The van der Waals surface area contributed by atoms with Gasteiger partial charge in [0.05, 0.1) is 13.2 Å². The highest BCUT2D eigenvalue weighted by molar-refractivity contribution is 6.36. The highest BCUT2D eigenvalue weighted by Crippen LogP contribution is 2.36. The van der Waals surface area contributed by atoms with Gasteiger partial charge >= 0.3 is 0 Å². The van der Waals surface area contributed by atoms with Gasteiger partial charge in [-0.1, -0.05) is 29.3 Å². The number of benzene rings is 1. The average Bonchev–Trinajstić information content (AvgIpc) is 2.73. The molecule has 16 heavy (non-hydrogen) atoms. The molecule has 1 heterocycles. The first-order valence-corrected chi connectivity index (χ1v) is 6.04. The zero-order chi connectivity index (χ0) is 11.6. The van der Waals surface area contributed by atoms with Crippen molar-refractivity contribution in [3.05, 3.63) is 33.8 Å². The highest BCUT2D eigenvalue weighted by Gasteiger charge is 2.35. The molecule has 0 aliphatic carbocycles. The second-order valence-corrected chi connectivity index (χ2v) is 5.15. The van der Waals surface area contributed by atoms with Gasteiger partial charge in [-0.15, -0.1) is 0 Å². The predicted molar refractivity (Wildman–Crippen MR) is 65.1 cm³/mol. The van der Waals surface area contributed by atoms with Gasteiger partial charge in [0, 0.05) is 22.1 Å². The van der Waals surface area contributed by atoms with Crippen molar-refractivity contribution in [2.24, 2.45) is 5.41 Å². The molecular weight excluding hydrogens is 247 g/mol. The first kappa shape index (κ1) is 12.2. The third kappa shape index (κ3) is 2.35. The van der Waals surface area contributed by atoms with E-state index in [4.69, 9.17) is 27.9 Å². The van der Waals surface area contributed by atoms with Crippen LogP contribution in [-0.2, 0) is 11.2 Å². The van der Waals surface area contributed by atoms with Crippen LogP contribution in [-0.4, -0.2) is 24.9 Å². The molecule has 0 aromatic heterocycles. The van der Waals surface area contributed by atoms with E-state index >= 15 is 0 Å². The smallest absolute Gasteiger partial charge is 0.0548 e. The minimum Gasteiger partial charge on any atom is -0.396 e. The van der Waals surface area contributed by atoms with Gasteiger partial charge < -0.3 is 9.84 Å². The molecule has 0 saturated carbocycles. The molecule has 0 bridgehead atoms. The first-order chi connectivity index (χ1) is 7.67. The maximum atomic E-state index is 9.49. The SMILES string of the molecule is OCC1(Cc2c(Cl)cccc2Cl)CCOC1. The fourth-order valence-corrected chi connectivity index (χ4v) is 2.58. The van der Waals surface area contributed by atoms with Gasteiger partial charge in [0.25, 0.3) is 0 Å². The van der Waals surface area contributed by atoms with Gasteiger partial charge in [-0.3, -0.25) is 0 Å². The topological polar surface area (TPSA) is 29.5 Å². The van der Waals surface area contributed by atoms with Crippen molar-refractivity contribution in [3.8, 4) is 0 Å². The zero-order valence-electron chi connectivity index (χ0n) is 8.88. The van der Waals surface area contributed by atoms with E-state index in [1.807, 2.05) is 18.2 Å². The Morgan fingerprint density at radius 3 is 2.50 bits per heavy atom. The summed E-state index contributed by atoms with van der Waals surface area (Å²) in [5, 5.41) is 10.8. The van der Waals surface area contributed by atoms with E-state index < -0.39 is 0 Å². The zero-order valence-corrected chi connectivity index (χ0v) is 10.4. The molecular formula is C12H14Cl2O2. The third-order valence-corrected chi connectivity index (χ3v) is 3.84. The predicted octanol–water partition coefficient (Wildman–Crippen LogP) is 2.93. The lowest BCUT2D eigenvalue weighted by Gasteiger charge is -2.25. The molecule has 2 rings (SSSR count). The van der Waals surface area contributed by atoms with Crippen molar-refractivity contribution in [2.75, 3.05) is 19.8 Å². The van der Waals surface area contributed by atoms with Gasteiger partial charge in [0.15, 0.2) is 0 Å². The van der Waals surface area contributed by atoms with Crippen molar-refractivity contribution in [1.29, 1.82) is 0 Å². The molecule has 1 aliphatic rings. The molecule has 1 aromatic rings. The number of hydrogen-bond donors (Lipinski definition) is 1. The number of aliphatic hydroxyl groups is 1. The summed E-state index contributed by atoms with van der Waals surface area (Å²) in [7, 11) is 0. The Balaban J connectivity index is 2.25. The quantitative estimate of drug-likeness (QED) is 0.906. The molecule has 1 aliphatic heterocycles. The maximum absolute atomic E-state index is 9.49. The molecule has 1 fully saturated rings. The summed E-state index contributed by atoms with van der Waals surface area (Å²) in [5.74, 6) is 0. The largest absolute Gasteiger partial charge is 0.396 e. The van der Waals surface area contributed by atoms with Gasteiger partial charge in [0.1, 0.15) is 0 Å². The Labute approximate surface area is 105 Å². The molecule has 88 valence electrons. The lowest BCUT2D eigenvalue weighted by Crippen LogP contribution is -2.28. The lowest BCUT2D eigenvalue weighted by molar-refractivity contribution is 0.0935. The molecule has 2 nitrogen and oxygen atoms in total. The fraction of sp³-hybridized carbons (Fsp3) is 0.500. The Morgan fingerprint density at radius 1 is 1.31 bits per heavy atom. The number of aliphatic hydroxyl groups excluding tert-OH is 1. The number of hydrogen-bond acceptors (Lipinski definition) is 2. The van der Waals surface area contributed by atoms with E-state index in [1.165, 1.54) is 0 Å². The Morgan fingerprint density at radius 2 is 2.00 bits per heavy atom. The van der Waals surface area contributed by atoms with Crippen LogP contribution in [0.3, 0.4) is 0 Å². The van der Waals surface area contributed by atoms with Crippen molar-refractivity contribution >= 4 is 23.2 Å². The molecule has 1 aromatic carbocycles. The van der Waals surface area contributed by atoms with Crippen LogP contribution in [0.5, 0.6) is 0 Å². The van der Waals surface area contributed by atoms with Crippen LogP contribution in [0.25, 0.3) is 0 Å². The van der Waals surface area contributed by atoms with Crippen LogP contribution in [0, 0.1) is 5.41 Å². The highest BCUT2D eigenvalue weighted by atomic mass is 35.5. The maximum Gasteiger partial charge on any atom is 0.0548 e. The van der Waals surface area contributed by atoms with E-state index in [9.17, 15) is 5.11 Å². The second-order valence-electron chi connectivity index (χ2n) is 4.34. The lowest BCUT2D eigenvalue weighted by atomic mass is 9.82. The molecule has 0 spiro atoms. The van der Waals surface area contributed by atoms with Crippen molar-refractivity contribution in [2.45, 2.75) is 12.8 Å². The Kier molecular flexibility index (Phi) is 3.75. The standard InChI is InChI=1S/C12H14Cl2O2/c13-10-2-1-3-11(14)9(10)6-12(7-15)4-5-16-8-12/h1-3,15H,4-8H2. The molecule has 1 N–H and O–H groups in total. The van der Waals surface area contributed by atoms with E-state index in [0.717, 1.165) is 12.0 Å². The monoisotopic (exact) mass is 260 g/mol. The minimum absolute atomic E-state index is 0.106. The van der Waals surface area contributed by atoms with Crippen LogP contribution < -0.4 is 0 Å². The average molecular weight is 261 g/mol. The van der Waals surface area contributed by atoms with Crippen LogP contribution in [0.1, 0.15) is 12.0 Å². The number of rotatable bonds is 3. The summed E-state index contributed by atoms with van der Waals surface area (Å²) in [6.45, 7) is 1.38. The minimum atomic E-state index is -0.214. The van der Waals surface area contributed by atoms with Crippen LogP contribution >= 0.6 is 23.2 Å². The second kappa shape index (κ2) is 4.92. The summed E-state index contributed by atoms with van der Waals surface area (Å²) in [4.78, 5) is 0. The van der Waals surface area contributed by atoms with Gasteiger partial charge in [-0.05, 0) is 30.5 Å². The van der Waals surface area contributed by atoms with Crippen molar-refractivity contribution < 1.29 is 9.84 Å². The third-order valence-electron chi connectivity index (χ3n) is 3.13. The summed E-state index contributed by atoms with van der Waals surface area (Å²) in [5.41, 5.74) is 0.694. The normalized spacial score (nSPS) is 24.9. The Bertz CT molecular complexity index is 353. The van der Waals surface area contributed by atoms with E-state index in [1.54, 1.807) is 0 Å². The Hall–Kier alpha value is -0.280. The fourth-order valence-electron chi connectivity index (χ4n) is 2.05. The van der Waals surface area contributed by atoms with Crippen LogP contribution in [0.4, 0.5) is 0 Å². The van der Waals surface area contributed by atoms with E-state index in [2.05, 4.69) is 0 Å². The molecule has 1 atom stereocenters. The summed E-state index contributed by atoms with van der Waals surface area (Å²) in [6.07, 6.45) is 1.52. The van der Waals surface area contributed by atoms with E-state index in [-0.39, 0.29) is 12.0 Å². The molecule has 1 saturated heterocycles. The summed E-state index contributed by atoms with van der Waals surface area (Å²) >= 11 is 12.2. The van der Waals surface area contributed by atoms with Crippen molar-refractivity contribution in [1.82, 2.24) is 0 Å². The summed E-state index contributed by atoms with van der Waals surface area (Å²) in [6, 6.07) is 5.47. The molecule has 4 heteroatoms. The number of ether oxygens (including phenoxy) is 1. The van der Waals surface area contributed by atoms with Gasteiger partial charge in [0.2, 0.25) is 0 Å². The van der Waals surface area contributed by atoms with Crippen molar-refractivity contribution in [3.63, 3.8) is 0 Å².